The van der Waals surface area contributed by atoms with Crippen LogP contribution in [0.15, 0.2) is 89.5 Å². The van der Waals surface area contributed by atoms with Crippen molar-refractivity contribution < 1.29 is 8.98 Å². The zero-order valence-electron chi connectivity index (χ0n) is 18.3. The van der Waals surface area contributed by atoms with Crippen molar-refractivity contribution in [1.29, 1.82) is 0 Å². The molecule has 6 aromatic rings. The highest BCUT2D eigenvalue weighted by molar-refractivity contribution is 6.14. The van der Waals surface area contributed by atoms with E-state index in [-0.39, 0.29) is 0 Å². The van der Waals surface area contributed by atoms with Gasteiger partial charge < -0.3 is 4.42 Å². The van der Waals surface area contributed by atoms with Crippen molar-refractivity contribution >= 4 is 38.5 Å². The van der Waals surface area contributed by atoms with Gasteiger partial charge in [-0.25, -0.2) is 14.4 Å². The lowest BCUT2D eigenvalue weighted by Gasteiger charge is -2.05. The van der Waals surface area contributed by atoms with Gasteiger partial charge in [-0.2, -0.15) is 0 Å². The Morgan fingerprint density at radius 2 is 1.73 bits per heavy atom. The fraction of sp³-hybridized carbons (Fsp3) is 0.0690. The summed E-state index contributed by atoms with van der Waals surface area (Å²) in [5.74, 6) is 0. The lowest BCUT2D eigenvalue weighted by atomic mass is 10.00. The zero-order valence-corrected chi connectivity index (χ0v) is 18.3. The smallest absolute Gasteiger partial charge is 0.217 e. The SMILES string of the molecule is [C-]#[N+]c1cc(-c2ccc3ccccc3c2)nc2oc3c(-c4cccc[n+]4C)c(C)ccc3c12. The second kappa shape index (κ2) is 7.29. The average molecular weight is 426 g/mol. The lowest BCUT2D eigenvalue weighted by molar-refractivity contribution is -0.660. The Bertz CT molecular complexity index is 1760. The summed E-state index contributed by atoms with van der Waals surface area (Å²) in [6.07, 6.45) is 2.02. The van der Waals surface area contributed by atoms with Crippen molar-refractivity contribution in [2.75, 3.05) is 0 Å². The van der Waals surface area contributed by atoms with E-state index in [1.54, 1.807) is 0 Å². The Morgan fingerprint density at radius 3 is 2.55 bits per heavy atom. The third-order valence-corrected chi connectivity index (χ3v) is 6.28. The zero-order chi connectivity index (χ0) is 22.5. The molecule has 33 heavy (non-hydrogen) atoms. The van der Waals surface area contributed by atoms with Crippen LogP contribution in [0.25, 0.3) is 60.2 Å². The largest absolute Gasteiger partial charge is 0.438 e. The molecule has 0 atom stereocenters. The molecule has 0 spiro atoms. The summed E-state index contributed by atoms with van der Waals surface area (Å²) in [6.45, 7) is 9.96. The first-order chi connectivity index (χ1) is 16.1. The van der Waals surface area contributed by atoms with Gasteiger partial charge in [-0.3, -0.25) is 0 Å². The minimum atomic E-state index is 0.493. The molecule has 0 radical (unpaired) electrons. The molecule has 0 saturated heterocycles. The van der Waals surface area contributed by atoms with E-state index in [2.05, 4.69) is 52.7 Å². The lowest BCUT2D eigenvalue weighted by Crippen LogP contribution is -2.30. The summed E-state index contributed by atoms with van der Waals surface area (Å²) in [5, 5.41) is 4.00. The third kappa shape index (κ3) is 2.98. The van der Waals surface area contributed by atoms with Crippen LogP contribution in [0.2, 0.25) is 0 Å². The molecule has 3 aromatic heterocycles. The maximum atomic E-state index is 7.88. The molecule has 4 heteroatoms. The molecule has 4 nitrogen and oxygen atoms in total. The van der Waals surface area contributed by atoms with Crippen molar-refractivity contribution in [3.8, 4) is 22.5 Å². The quantitative estimate of drug-likeness (QED) is 0.218. The van der Waals surface area contributed by atoms with Crippen molar-refractivity contribution in [3.63, 3.8) is 0 Å². The van der Waals surface area contributed by atoms with E-state index >= 15 is 0 Å². The van der Waals surface area contributed by atoms with E-state index < -0.39 is 0 Å². The molecule has 156 valence electrons. The minimum absolute atomic E-state index is 0.493. The number of fused-ring (bicyclic) bond motifs is 4. The predicted molar refractivity (Wildman–Crippen MR) is 132 cm³/mol. The molecule has 0 aliphatic heterocycles. The highest BCUT2D eigenvalue weighted by Crippen LogP contribution is 2.41. The Balaban J connectivity index is 1.65. The maximum absolute atomic E-state index is 7.88. The van der Waals surface area contributed by atoms with Crippen molar-refractivity contribution in [3.05, 3.63) is 102 Å². The Labute approximate surface area is 191 Å². The van der Waals surface area contributed by atoms with E-state index in [9.17, 15) is 0 Å². The monoisotopic (exact) mass is 426 g/mol. The number of hydrogen-bond acceptors (Lipinski definition) is 2. The van der Waals surface area contributed by atoms with Crippen molar-refractivity contribution in [2.24, 2.45) is 7.05 Å². The van der Waals surface area contributed by atoms with E-state index in [4.69, 9.17) is 16.0 Å². The Kier molecular flexibility index (Phi) is 4.24. The van der Waals surface area contributed by atoms with Crippen LogP contribution in [0.1, 0.15) is 5.56 Å². The van der Waals surface area contributed by atoms with Crippen LogP contribution < -0.4 is 4.57 Å². The van der Waals surface area contributed by atoms with Gasteiger partial charge in [0.2, 0.25) is 17.1 Å². The standard InChI is InChI=1S/C29H20N3O/c1-18-11-14-22-27-24(30-2)17-23(21-13-12-19-8-4-5-9-20(19)16-21)31-29(27)33-28(22)26(18)25-10-6-7-15-32(25)3/h4-17H,1,3H3/q+1. The second-order valence-electron chi connectivity index (χ2n) is 8.31. The Hall–Kier alpha value is -4.49. The molecule has 0 amide bonds. The normalized spacial score (nSPS) is 11.3. The molecule has 0 unspecified atom stereocenters. The molecule has 6 rings (SSSR count). The fourth-order valence-corrected chi connectivity index (χ4v) is 4.60. The predicted octanol–water partition coefficient (Wildman–Crippen LogP) is 7.15. The first-order valence-electron chi connectivity index (χ1n) is 10.8. The first kappa shape index (κ1) is 19.2. The van der Waals surface area contributed by atoms with Gasteiger partial charge in [0.1, 0.15) is 12.6 Å². The summed E-state index contributed by atoms with van der Waals surface area (Å²) in [5.41, 5.74) is 6.70. The van der Waals surface area contributed by atoms with Crippen LogP contribution in [-0.2, 0) is 7.05 Å². The molecule has 0 bridgehead atoms. The third-order valence-electron chi connectivity index (χ3n) is 6.28. The van der Waals surface area contributed by atoms with Gasteiger partial charge in [0.05, 0.1) is 23.2 Å². The van der Waals surface area contributed by atoms with Gasteiger partial charge >= 0.3 is 0 Å². The van der Waals surface area contributed by atoms with E-state index in [0.717, 1.165) is 49.8 Å². The van der Waals surface area contributed by atoms with Gasteiger partial charge in [-0.1, -0.05) is 48.5 Å². The molecular weight excluding hydrogens is 406 g/mol. The molecule has 3 aromatic carbocycles. The van der Waals surface area contributed by atoms with Gasteiger partial charge in [0.15, 0.2) is 6.20 Å². The number of hydrogen-bond donors (Lipinski definition) is 0. The van der Waals surface area contributed by atoms with Gasteiger partial charge in [-0.15, -0.1) is 0 Å². The van der Waals surface area contributed by atoms with Gasteiger partial charge in [-0.05, 0) is 47.0 Å². The number of pyridine rings is 2. The second-order valence-corrected chi connectivity index (χ2v) is 8.31. The number of aryl methyl sites for hydroxylation is 2. The molecule has 0 aliphatic rings. The fourth-order valence-electron chi connectivity index (χ4n) is 4.60. The molecule has 3 heterocycles. The Morgan fingerprint density at radius 1 is 0.909 bits per heavy atom. The van der Waals surface area contributed by atoms with Crippen LogP contribution in [0.3, 0.4) is 0 Å². The summed E-state index contributed by atoms with van der Waals surface area (Å²) in [4.78, 5) is 8.72. The number of furan rings is 1. The van der Waals surface area contributed by atoms with Crippen LogP contribution in [0.5, 0.6) is 0 Å². The topological polar surface area (TPSA) is 34.3 Å². The van der Waals surface area contributed by atoms with E-state index in [1.165, 1.54) is 5.39 Å². The molecule has 0 aliphatic carbocycles. The number of nitrogens with zero attached hydrogens (tertiary/aromatic N) is 3. The maximum Gasteiger partial charge on any atom is 0.217 e. The molecular formula is C29H20N3O+. The van der Waals surface area contributed by atoms with Crippen molar-refractivity contribution in [1.82, 2.24) is 4.98 Å². The van der Waals surface area contributed by atoms with Crippen LogP contribution in [0, 0.1) is 13.5 Å². The average Bonchev–Trinajstić information content (AvgIpc) is 3.22. The number of rotatable bonds is 2. The van der Waals surface area contributed by atoms with E-state index in [1.807, 2.05) is 55.7 Å². The molecule has 0 fully saturated rings. The summed E-state index contributed by atoms with van der Waals surface area (Å²) < 4.78 is 8.48. The van der Waals surface area contributed by atoms with Crippen LogP contribution in [-0.4, -0.2) is 4.98 Å². The minimum Gasteiger partial charge on any atom is -0.438 e. The molecule has 0 saturated carbocycles. The summed E-state index contributed by atoms with van der Waals surface area (Å²) >= 11 is 0. The number of aromatic nitrogens is 2. The first-order valence-corrected chi connectivity index (χ1v) is 10.8. The van der Waals surface area contributed by atoms with Crippen LogP contribution in [0.4, 0.5) is 5.69 Å². The highest BCUT2D eigenvalue weighted by atomic mass is 16.3. The number of benzene rings is 3. The highest BCUT2D eigenvalue weighted by Gasteiger charge is 2.22. The summed E-state index contributed by atoms with van der Waals surface area (Å²) in [7, 11) is 2.02. The van der Waals surface area contributed by atoms with Crippen LogP contribution >= 0.6 is 0 Å². The van der Waals surface area contributed by atoms with Gasteiger partial charge in [0, 0.05) is 17.5 Å². The van der Waals surface area contributed by atoms with Gasteiger partial charge in [0.25, 0.3) is 0 Å². The summed E-state index contributed by atoms with van der Waals surface area (Å²) in [6, 6.07) is 26.6. The van der Waals surface area contributed by atoms with E-state index in [0.29, 0.717) is 11.4 Å². The van der Waals surface area contributed by atoms with Crippen molar-refractivity contribution in [2.45, 2.75) is 6.92 Å². The molecule has 0 N–H and O–H groups in total.